The number of nitrogens with one attached hydrogen (secondary N) is 2. The van der Waals surface area contributed by atoms with Crippen LogP contribution in [0.15, 0.2) is 28.7 Å². The Kier molecular flexibility index (Phi) is 7.85. The first-order valence-corrected chi connectivity index (χ1v) is 9.38. The maximum Gasteiger partial charge on any atom is 0.490 e. The highest BCUT2D eigenvalue weighted by Gasteiger charge is 2.38. The Morgan fingerprint density at radius 1 is 1.40 bits per heavy atom. The van der Waals surface area contributed by atoms with Crippen LogP contribution in [-0.4, -0.2) is 47.8 Å². The van der Waals surface area contributed by atoms with Gasteiger partial charge in [-0.1, -0.05) is 30.7 Å². The molecule has 3 rings (SSSR count). The lowest BCUT2D eigenvalue weighted by molar-refractivity contribution is -0.192. The van der Waals surface area contributed by atoms with E-state index in [2.05, 4.69) is 15.6 Å². The second kappa shape index (κ2) is 9.94. The predicted octanol–water partition coefficient (Wildman–Crippen LogP) is 3.49. The molecule has 0 saturated carbocycles. The number of hydrogen-bond donors (Lipinski definition) is 3. The van der Waals surface area contributed by atoms with Gasteiger partial charge < -0.3 is 20.2 Å². The molecule has 0 aliphatic carbocycles. The molecule has 2 aromatic rings. The fraction of sp³-hybridized carbons (Fsp3) is 0.421. The number of aryl methyl sites for hydroxylation is 1. The van der Waals surface area contributed by atoms with E-state index < -0.39 is 12.1 Å². The van der Waals surface area contributed by atoms with Crippen molar-refractivity contribution in [3.05, 3.63) is 52.2 Å². The maximum absolute atomic E-state index is 12.3. The first kappa shape index (κ1) is 23.7. The minimum Gasteiger partial charge on any atom is -0.475 e. The van der Waals surface area contributed by atoms with E-state index in [1.165, 1.54) is 0 Å². The molecule has 1 aromatic carbocycles. The van der Waals surface area contributed by atoms with Crippen molar-refractivity contribution in [3.63, 3.8) is 0 Å². The number of carbonyl (C=O) groups excluding carboxylic acids is 1. The highest BCUT2D eigenvalue weighted by atomic mass is 35.5. The van der Waals surface area contributed by atoms with E-state index in [1.54, 1.807) is 6.92 Å². The van der Waals surface area contributed by atoms with Crippen molar-refractivity contribution in [2.75, 3.05) is 19.6 Å². The topological polar surface area (TPSA) is 104 Å². The number of carboxylic acids is 1. The number of carboxylic acid groups (broad SMARTS) is 1. The monoisotopic (exact) mass is 447 g/mol. The summed E-state index contributed by atoms with van der Waals surface area (Å²) in [5.74, 6) is -1.29. The number of halogens is 4. The van der Waals surface area contributed by atoms with Crippen molar-refractivity contribution in [1.29, 1.82) is 0 Å². The zero-order valence-corrected chi connectivity index (χ0v) is 17.0. The first-order chi connectivity index (χ1) is 14.0. The van der Waals surface area contributed by atoms with Crippen molar-refractivity contribution >= 4 is 23.5 Å². The second-order valence-corrected chi connectivity index (χ2v) is 7.22. The SMILES string of the molecule is Cc1oc(C2CNC2)nc1C(=O)NCC(C)c1cccc(Cl)c1.O=C(O)C(F)(F)F. The third-order valence-electron chi connectivity index (χ3n) is 4.39. The normalized spacial score (nSPS) is 14.9. The van der Waals surface area contributed by atoms with Gasteiger partial charge in [0.1, 0.15) is 5.76 Å². The number of hydrogen-bond acceptors (Lipinski definition) is 5. The molecule has 0 spiro atoms. The maximum atomic E-state index is 12.3. The number of carbonyl (C=O) groups is 2. The summed E-state index contributed by atoms with van der Waals surface area (Å²) in [6.45, 7) is 6.05. The van der Waals surface area contributed by atoms with Crippen LogP contribution in [0.1, 0.15) is 46.5 Å². The Balaban J connectivity index is 0.000000396. The molecular formula is C19H21ClF3N3O4. The Morgan fingerprint density at radius 3 is 2.53 bits per heavy atom. The zero-order chi connectivity index (χ0) is 22.5. The number of rotatable bonds is 5. The fourth-order valence-corrected chi connectivity index (χ4v) is 2.72. The molecular weight excluding hydrogens is 427 g/mol. The van der Waals surface area contributed by atoms with Crippen LogP contribution >= 0.6 is 11.6 Å². The summed E-state index contributed by atoms with van der Waals surface area (Å²) in [5, 5.41) is 13.9. The highest BCUT2D eigenvalue weighted by molar-refractivity contribution is 6.30. The lowest BCUT2D eigenvalue weighted by Crippen LogP contribution is -2.40. The number of aliphatic carboxylic acids is 1. The molecule has 3 N–H and O–H groups in total. The number of nitrogens with zero attached hydrogens (tertiary/aromatic N) is 1. The molecule has 1 saturated heterocycles. The lowest BCUT2D eigenvalue weighted by atomic mass is 10.0. The van der Waals surface area contributed by atoms with Gasteiger partial charge >= 0.3 is 12.1 Å². The van der Waals surface area contributed by atoms with Crippen molar-refractivity contribution in [1.82, 2.24) is 15.6 Å². The largest absolute Gasteiger partial charge is 0.490 e. The summed E-state index contributed by atoms with van der Waals surface area (Å²) in [5.41, 5.74) is 1.47. The van der Waals surface area contributed by atoms with E-state index >= 15 is 0 Å². The highest BCUT2D eigenvalue weighted by Crippen LogP contribution is 2.22. The molecule has 1 amide bonds. The summed E-state index contributed by atoms with van der Waals surface area (Å²) >= 11 is 6.01. The number of aromatic nitrogens is 1. The number of oxazole rings is 1. The van der Waals surface area contributed by atoms with Gasteiger partial charge in [0.15, 0.2) is 5.69 Å². The molecule has 1 aromatic heterocycles. The van der Waals surface area contributed by atoms with E-state index in [1.807, 2.05) is 31.2 Å². The molecule has 0 radical (unpaired) electrons. The van der Waals surface area contributed by atoms with Gasteiger partial charge in [0.2, 0.25) is 5.89 Å². The van der Waals surface area contributed by atoms with Gasteiger partial charge in [-0.3, -0.25) is 4.79 Å². The Bertz CT molecular complexity index is 897. The van der Waals surface area contributed by atoms with Crippen molar-refractivity contribution in [3.8, 4) is 0 Å². The van der Waals surface area contributed by atoms with Crippen LogP contribution in [0, 0.1) is 6.92 Å². The smallest absolute Gasteiger partial charge is 0.475 e. The van der Waals surface area contributed by atoms with Crippen LogP contribution in [0.25, 0.3) is 0 Å². The van der Waals surface area contributed by atoms with Crippen LogP contribution in [-0.2, 0) is 4.79 Å². The predicted molar refractivity (Wildman–Crippen MR) is 103 cm³/mol. The summed E-state index contributed by atoms with van der Waals surface area (Å²) < 4.78 is 37.4. The molecule has 1 fully saturated rings. The van der Waals surface area contributed by atoms with E-state index in [0.29, 0.717) is 28.9 Å². The minimum atomic E-state index is -5.08. The van der Waals surface area contributed by atoms with Crippen LogP contribution in [0.5, 0.6) is 0 Å². The third-order valence-corrected chi connectivity index (χ3v) is 4.62. The summed E-state index contributed by atoms with van der Waals surface area (Å²) in [6, 6.07) is 7.68. The van der Waals surface area contributed by atoms with Gasteiger partial charge in [0, 0.05) is 24.7 Å². The van der Waals surface area contributed by atoms with Crippen LogP contribution in [0.2, 0.25) is 5.02 Å². The first-order valence-electron chi connectivity index (χ1n) is 9.00. The molecule has 1 unspecified atom stereocenters. The van der Waals surface area contributed by atoms with Gasteiger partial charge in [-0.2, -0.15) is 13.2 Å². The van der Waals surface area contributed by atoms with Gasteiger partial charge in [-0.05, 0) is 30.5 Å². The molecule has 2 heterocycles. The molecule has 7 nitrogen and oxygen atoms in total. The average Bonchev–Trinajstić information content (AvgIpc) is 2.98. The molecule has 1 aliphatic heterocycles. The van der Waals surface area contributed by atoms with E-state index in [0.717, 1.165) is 18.7 Å². The lowest BCUT2D eigenvalue weighted by Gasteiger charge is -2.23. The van der Waals surface area contributed by atoms with Crippen molar-refractivity contribution in [2.45, 2.75) is 31.9 Å². The fourth-order valence-electron chi connectivity index (χ4n) is 2.53. The van der Waals surface area contributed by atoms with Gasteiger partial charge in [-0.15, -0.1) is 0 Å². The quantitative estimate of drug-likeness (QED) is 0.648. The van der Waals surface area contributed by atoms with Crippen molar-refractivity contribution in [2.24, 2.45) is 0 Å². The van der Waals surface area contributed by atoms with Crippen LogP contribution in [0.3, 0.4) is 0 Å². The molecule has 0 bridgehead atoms. The van der Waals surface area contributed by atoms with E-state index in [4.69, 9.17) is 25.9 Å². The third kappa shape index (κ3) is 6.46. The van der Waals surface area contributed by atoms with Gasteiger partial charge in [-0.25, -0.2) is 9.78 Å². The summed E-state index contributed by atoms with van der Waals surface area (Å²) in [6.07, 6.45) is -5.08. The summed E-state index contributed by atoms with van der Waals surface area (Å²) in [4.78, 5) is 25.6. The second-order valence-electron chi connectivity index (χ2n) is 6.78. The van der Waals surface area contributed by atoms with E-state index in [-0.39, 0.29) is 17.7 Å². The number of alkyl halides is 3. The summed E-state index contributed by atoms with van der Waals surface area (Å²) in [7, 11) is 0. The number of benzene rings is 1. The standard InChI is InChI=1S/C17H20ClN3O2.C2HF3O2/c1-10(12-4-3-5-14(18)6-12)7-20-16(22)15-11(2)23-17(21-15)13-8-19-9-13;3-2(4,5)1(6)7/h3-6,10,13,19H,7-9H2,1-2H3,(H,20,22);(H,6,7). The van der Waals surface area contributed by atoms with Crippen molar-refractivity contribution < 1.29 is 32.3 Å². The molecule has 11 heteroatoms. The average molecular weight is 448 g/mol. The Morgan fingerprint density at radius 2 is 2.03 bits per heavy atom. The van der Waals surface area contributed by atoms with Gasteiger partial charge in [0.25, 0.3) is 5.91 Å². The molecule has 1 atom stereocenters. The van der Waals surface area contributed by atoms with Crippen LogP contribution in [0.4, 0.5) is 13.2 Å². The molecule has 1 aliphatic rings. The molecule has 30 heavy (non-hydrogen) atoms. The van der Waals surface area contributed by atoms with Gasteiger partial charge in [0.05, 0.1) is 5.92 Å². The molecule has 164 valence electrons. The van der Waals surface area contributed by atoms with Crippen LogP contribution < -0.4 is 10.6 Å². The van der Waals surface area contributed by atoms with E-state index in [9.17, 15) is 18.0 Å². The zero-order valence-electron chi connectivity index (χ0n) is 16.2. The Labute approximate surface area is 175 Å². The number of amides is 1. The minimum absolute atomic E-state index is 0.167. The Hall–Kier alpha value is -2.59.